The summed E-state index contributed by atoms with van der Waals surface area (Å²) in [4.78, 5) is 12.4. The second-order valence-corrected chi connectivity index (χ2v) is 9.86. The Morgan fingerprint density at radius 2 is 1.73 bits per heavy atom. The predicted octanol–water partition coefficient (Wildman–Crippen LogP) is 5.72. The molecule has 0 aliphatic carbocycles. The third-order valence-electron chi connectivity index (χ3n) is 7.47. The number of aromatic nitrogens is 3. The van der Waals surface area contributed by atoms with Crippen LogP contribution in [0.15, 0.2) is 77.1 Å². The van der Waals surface area contributed by atoms with E-state index in [4.69, 9.17) is 4.74 Å². The molecule has 3 N–H and O–H groups in total. The van der Waals surface area contributed by atoms with Gasteiger partial charge in [0.1, 0.15) is 18.0 Å². The van der Waals surface area contributed by atoms with Crippen molar-refractivity contribution < 1.29 is 36.3 Å². The fraction of sp³-hybridized carbons (Fsp3) is 0.370. The van der Waals surface area contributed by atoms with Gasteiger partial charge in [0, 0.05) is 6.54 Å². The second-order valence-electron chi connectivity index (χ2n) is 9.86. The minimum absolute atomic E-state index is 0.0671. The first kappa shape index (κ1) is 29.9. The fourth-order valence-corrected chi connectivity index (χ4v) is 5.01. The van der Waals surface area contributed by atoms with E-state index in [0.717, 1.165) is 5.56 Å². The van der Waals surface area contributed by atoms with Crippen LogP contribution >= 0.6 is 0 Å². The van der Waals surface area contributed by atoms with E-state index in [2.05, 4.69) is 20.7 Å². The summed E-state index contributed by atoms with van der Waals surface area (Å²) in [6.07, 6.45) is -6.31. The highest BCUT2D eigenvalue weighted by atomic mass is 19.4. The summed E-state index contributed by atoms with van der Waals surface area (Å²) in [7, 11) is 0. The lowest BCUT2D eigenvalue weighted by molar-refractivity contribution is -0.143. The van der Waals surface area contributed by atoms with Crippen molar-refractivity contribution >= 4 is 5.71 Å². The molecular weight excluding hydrogens is 556 g/mol. The van der Waals surface area contributed by atoms with Gasteiger partial charge >= 0.3 is 18.0 Å². The second kappa shape index (κ2) is 11.1. The monoisotopic (exact) mass is 583 g/mol. The first-order valence-corrected chi connectivity index (χ1v) is 12.5. The molecule has 0 saturated carbocycles. The van der Waals surface area contributed by atoms with Crippen LogP contribution in [0.1, 0.15) is 55.0 Å². The number of ether oxygens (including phenoxy) is 1. The Morgan fingerprint density at radius 3 is 2.22 bits per heavy atom. The lowest BCUT2D eigenvalue weighted by Crippen LogP contribution is -2.60. The summed E-state index contributed by atoms with van der Waals surface area (Å²) in [5.41, 5.74) is -4.58. The third-order valence-corrected chi connectivity index (χ3v) is 7.47. The van der Waals surface area contributed by atoms with Crippen LogP contribution in [0.3, 0.4) is 0 Å². The molecule has 220 valence electrons. The van der Waals surface area contributed by atoms with Crippen molar-refractivity contribution in [2.45, 2.75) is 56.2 Å². The predicted molar refractivity (Wildman–Crippen MR) is 136 cm³/mol. The topological polar surface area (TPSA) is 105 Å². The van der Waals surface area contributed by atoms with Gasteiger partial charge in [0.05, 0.1) is 28.6 Å². The Bertz CT molecular complexity index is 1440. The highest BCUT2D eigenvalue weighted by Crippen LogP contribution is 2.40. The van der Waals surface area contributed by atoms with Gasteiger partial charge in [0.2, 0.25) is 0 Å². The van der Waals surface area contributed by atoms with Crippen molar-refractivity contribution in [1.29, 1.82) is 0 Å². The third kappa shape index (κ3) is 6.01. The Balaban J connectivity index is 1.65. The maximum atomic E-state index is 13.3. The smallest absolute Gasteiger partial charge is 0.416 e. The molecule has 2 aromatic carbocycles. The summed E-state index contributed by atoms with van der Waals surface area (Å²) in [5.74, 6) is 0. The van der Waals surface area contributed by atoms with E-state index in [1.807, 2.05) is 18.2 Å². The zero-order chi connectivity index (χ0) is 30.1. The molecule has 8 nitrogen and oxygen atoms in total. The number of alkyl halides is 6. The first-order chi connectivity index (χ1) is 19.2. The lowest BCUT2D eigenvalue weighted by atomic mass is 9.74. The van der Waals surface area contributed by atoms with Crippen molar-refractivity contribution in [3.05, 3.63) is 99.9 Å². The standard InChI is InChI=1S/C27H27F6N5O3/c1-17(19-12-21(26(28,29)30)14-22(13-19)27(31,32)33)41-11-10-24(20-6-4-3-5-7-20)8-9-25(15-34-24,18(2)37-40)38-16-35-36-23(38)39/h3-7,10-14,16-17,34,40H,8-9,15H2,1-2H3,(H,36,39)/b11-10+,37-18+/t17-,24-,25+/m1/s1. The SMILES string of the molecule is C/C(=N\O)[C@]1(n2cn[nH]c2=O)CC[C@@](/C=C/O[C@H](C)c2cc(C(F)(F)F)cc(C(F)(F)F)c2)(c2ccccc2)NC1. The van der Waals surface area contributed by atoms with Crippen LogP contribution in [0, 0.1) is 0 Å². The number of halogens is 6. The molecule has 41 heavy (non-hydrogen) atoms. The molecule has 1 aliphatic rings. The number of oxime groups is 1. The van der Waals surface area contributed by atoms with E-state index in [0.29, 0.717) is 25.0 Å². The molecule has 14 heteroatoms. The molecule has 2 heterocycles. The summed E-state index contributed by atoms with van der Waals surface area (Å²) in [6, 6.07) is 10.4. The number of hydrogen-bond donors (Lipinski definition) is 3. The molecule has 0 amide bonds. The molecule has 0 bridgehead atoms. The number of nitrogens with zero attached hydrogens (tertiary/aromatic N) is 3. The van der Waals surface area contributed by atoms with Gasteiger partial charge in [-0.2, -0.15) is 31.4 Å². The van der Waals surface area contributed by atoms with Crippen molar-refractivity contribution in [1.82, 2.24) is 20.1 Å². The maximum absolute atomic E-state index is 13.3. The van der Waals surface area contributed by atoms with E-state index in [1.165, 1.54) is 24.1 Å². The van der Waals surface area contributed by atoms with E-state index in [9.17, 15) is 36.3 Å². The van der Waals surface area contributed by atoms with Gasteiger partial charge in [-0.25, -0.2) is 9.89 Å². The number of hydrogen-bond acceptors (Lipinski definition) is 6. The van der Waals surface area contributed by atoms with Crippen LogP contribution < -0.4 is 11.0 Å². The van der Waals surface area contributed by atoms with Gasteiger partial charge in [-0.3, -0.25) is 4.57 Å². The van der Waals surface area contributed by atoms with Gasteiger partial charge in [-0.05, 0) is 62.1 Å². The van der Waals surface area contributed by atoms with Gasteiger partial charge in [-0.1, -0.05) is 35.5 Å². The van der Waals surface area contributed by atoms with Gasteiger partial charge in [0.15, 0.2) is 0 Å². The zero-order valence-corrected chi connectivity index (χ0v) is 21.9. The first-order valence-electron chi connectivity index (χ1n) is 12.5. The van der Waals surface area contributed by atoms with Crippen molar-refractivity contribution in [3.63, 3.8) is 0 Å². The van der Waals surface area contributed by atoms with Crippen LogP contribution in [-0.4, -0.2) is 32.2 Å². The Morgan fingerprint density at radius 1 is 1.10 bits per heavy atom. The minimum atomic E-state index is -4.98. The molecule has 3 atom stereocenters. The van der Waals surface area contributed by atoms with Crippen LogP contribution in [-0.2, 0) is 28.2 Å². The highest BCUT2D eigenvalue weighted by molar-refractivity contribution is 5.89. The van der Waals surface area contributed by atoms with Crippen LogP contribution in [0.2, 0.25) is 0 Å². The van der Waals surface area contributed by atoms with Crippen molar-refractivity contribution in [2.75, 3.05) is 6.54 Å². The number of nitrogens with one attached hydrogen (secondary N) is 2. The summed E-state index contributed by atoms with van der Waals surface area (Å²) in [6.45, 7) is 3.03. The van der Waals surface area contributed by atoms with E-state index < -0.39 is 46.4 Å². The Hall–Kier alpha value is -4.07. The molecule has 0 radical (unpaired) electrons. The van der Waals surface area contributed by atoms with Gasteiger partial charge in [0.25, 0.3) is 0 Å². The molecule has 1 fully saturated rings. The molecular formula is C27H27F6N5O3. The largest absolute Gasteiger partial charge is 0.494 e. The molecule has 1 saturated heterocycles. The summed E-state index contributed by atoms with van der Waals surface area (Å²) in [5, 5.41) is 22.4. The van der Waals surface area contributed by atoms with Crippen molar-refractivity contribution in [3.8, 4) is 0 Å². The Labute approximate surface area is 230 Å². The number of rotatable bonds is 7. The van der Waals surface area contributed by atoms with Crippen LogP contribution in [0.25, 0.3) is 0 Å². The number of benzene rings is 2. The molecule has 1 aliphatic heterocycles. The molecule has 1 aromatic heterocycles. The van der Waals surface area contributed by atoms with E-state index in [-0.39, 0.29) is 23.9 Å². The van der Waals surface area contributed by atoms with Crippen molar-refractivity contribution in [2.24, 2.45) is 5.16 Å². The average molecular weight is 584 g/mol. The molecule has 3 aromatic rings. The molecule has 0 unspecified atom stereocenters. The quantitative estimate of drug-likeness (QED) is 0.108. The maximum Gasteiger partial charge on any atom is 0.416 e. The summed E-state index contributed by atoms with van der Waals surface area (Å²) < 4.78 is 86.9. The average Bonchev–Trinajstić information content (AvgIpc) is 3.38. The van der Waals surface area contributed by atoms with Crippen LogP contribution in [0.4, 0.5) is 26.3 Å². The Kier molecular flexibility index (Phi) is 8.07. The number of aromatic amines is 1. The fourth-order valence-electron chi connectivity index (χ4n) is 5.01. The van der Waals surface area contributed by atoms with E-state index in [1.54, 1.807) is 25.1 Å². The van der Waals surface area contributed by atoms with Crippen LogP contribution in [0.5, 0.6) is 0 Å². The number of piperidine rings is 1. The normalized spacial score (nSPS) is 23.1. The molecule has 0 spiro atoms. The highest BCUT2D eigenvalue weighted by Gasteiger charge is 2.46. The minimum Gasteiger partial charge on any atom is -0.494 e. The zero-order valence-electron chi connectivity index (χ0n) is 21.9. The van der Waals surface area contributed by atoms with E-state index >= 15 is 0 Å². The molecule has 4 rings (SSSR count). The number of H-pyrrole nitrogens is 1. The summed E-state index contributed by atoms with van der Waals surface area (Å²) >= 11 is 0. The van der Waals surface area contributed by atoms with Gasteiger partial charge < -0.3 is 15.3 Å². The van der Waals surface area contributed by atoms with Gasteiger partial charge in [-0.15, -0.1) is 0 Å². The lowest BCUT2D eigenvalue weighted by Gasteiger charge is -2.46.